The molecule has 0 radical (unpaired) electrons. The summed E-state index contributed by atoms with van der Waals surface area (Å²) < 4.78 is 10.5. The van der Waals surface area contributed by atoms with Gasteiger partial charge in [-0.2, -0.15) is 0 Å². The summed E-state index contributed by atoms with van der Waals surface area (Å²) in [6, 6.07) is 7.81. The molecule has 1 fully saturated rings. The van der Waals surface area contributed by atoms with E-state index in [-0.39, 0.29) is 18.6 Å². The lowest BCUT2D eigenvalue weighted by atomic mass is 10.0. The summed E-state index contributed by atoms with van der Waals surface area (Å²) in [6.07, 6.45) is -0.314. The molecule has 1 saturated heterocycles. The van der Waals surface area contributed by atoms with E-state index in [1.807, 2.05) is 24.3 Å². The minimum atomic E-state index is -0.314. The summed E-state index contributed by atoms with van der Waals surface area (Å²) in [6.45, 7) is 8.43. The van der Waals surface area contributed by atoms with Crippen molar-refractivity contribution in [1.29, 1.82) is 0 Å². The van der Waals surface area contributed by atoms with Crippen LogP contribution in [0.1, 0.15) is 32.3 Å². The molecular weight excluding hydrogens is 308 g/mol. The monoisotopic (exact) mass is 334 g/mol. The highest BCUT2D eigenvalue weighted by Gasteiger charge is 2.24. The molecule has 0 atom stereocenters. The average Bonchev–Trinajstić information content (AvgIpc) is 2.60. The molecule has 2 amide bonds. The maximum absolute atomic E-state index is 12.2. The molecule has 0 aromatic heterocycles. The van der Waals surface area contributed by atoms with E-state index in [9.17, 15) is 9.59 Å². The molecule has 1 aromatic carbocycles. The maximum atomic E-state index is 12.2. The van der Waals surface area contributed by atoms with Crippen molar-refractivity contribution in [2.24, 2.45) is 0 Å². The Bertz CT molecular complexity index is 549. The van der Waals surface area contributed by atoms with Crippen LogP contribution >= 0.6 is 0 Å². The Kier molecular flexibility index (Phi) is 6.46. The third-order valence-corrected chi connectivity index (χ3v) is 4.07. The first-order chi connectivity index (χ1) is 11.5. The number of carbonyl (C=O) groups is 2. The number of amides is 2. The molecule has 1 aliphatic rings. The lowest BCUT2D eigenvalue weighted by Gasteiger charge is -2.33. The predicted molar refractivity (Wildman–Crippen MR) is 91.2 cm³/mol. The number of carbonyl (C=O) groups excluding carboxylic acids is 2. The van der Waals surface area contributed by atoms with Gasteiger partial charge in [0.1, 0.15) is 5.75 Å². The fourth-order valence-corrected chi connectivity index (χ4v) is 2.54. The maximum Gasteiger partial charge on any atom is 0.409 e. The van der Waals surface area contributed by atoms with E-state index in [1.165, 1.54) is 5.56 Å². The topological polar surface area (TPSA) is 59.1 Å². The van der Waals surface area contributed by atoms with Gasteiger partial charge in [0.25, 0.3) is 5.91 Å². The van der Waals surface area contributed by atoms with Gasteiger partial charge >= 0.3 is 6.09 Å². The summed E-state index contributed by atoms with van der Waals surface area (Å²) in [7, 11) is 0. The second kappa shape index (κ2) is 8.57. The molecule has 0 unspecified atom stereocenters. The van der Waals surface area contributed by atoms with Crippen LogP contribution < -0.4 is 4.74 Å². The zero-order chi connectivity index (χ0) is 17.5. The summed E-state index contributed by atoms with van der Waals surface area (Å²) in [4.78, 5) is 27.2. The van der Waals surface area contributed by atoms with Crippen LogP contribution in [-0.4, -0.2) is 61.2 Å². The highest BCUT2D eigenvalue weighted by molar-refractivity contribution is 5.78. The van der Waals surface area contributed by atoms with Crippen molar-refractivity contribution in [1.82, 2.24) is 9.80 Å². The van der Waals surface area contributed by atoms with E-state index >= 15 is 0 Å². The second-order valence-electron chi connectivity index (χ2n) is 6.08. The molecule has 24 heavy (non-hydrogen) atoms. The first kappa shape index (κ1) is 18.1. The molecule has 0 N–H and O–H groups in total. The van der Waals surface area contributed by atoms with E-state index in [1.54, 1.807) is 16.7 Å². The molecule has 2 rings (SSSR count). The molecule has 0 saturated carbocycles. The van der Waals surface area contributed by atoms with Gasteiger partial charge in [0, 0.05) is 26.2 Å². The van der Waals surface area contributed by atoms with Gasteiger partial charge in [-0.1, -0.05) is 26.0 Å². The second-order valence-corrected chi connectivity index (χ2v) is 6.08. The highest BCUT2D eigenvalue weighted by Crippen LogP contribution is 2.18. The highest BCUT2D eigenvalue weighted by atomic mass is 16.6. The minimum absolute atomic E-state index is 0.0143. The van der Waals surface area contributed by atoms with Crippen molar-refractivity contribution in [2.75, 3.05) is 39.4 Å². The number of benzene rings is 1. The third kappa shape index (κ3) is 4.88. The smallest absolute Gasteiger partial charge is 0.409 e. The average molecular weight is 334 g/mol. The van der Waals surface area contributed by atoms with Crippen molar-refractivity contribution in [3.05, 3.63) is 29.8 Å². The van der Waals surface area contributed by atoms with Crippen LogP contribution in [0.3, 0.4) is 0 Å². The van der Waals surface area contributed by atoms with Crippen LogP contribution in [0.5, 0.6) is 5.75 Å². The van der Waals surface area contributed by atoms with Crippen LogP contribution in [0.2, 0.25) is 0 Å². The molecule has 6 nitrogen and oxygen atoms in total. The van der Waals surface area contributed by atoms with Crippen molar-refractivity contribution >= 4 is 12.0 Å². The van der Waals surface area contributed by atoms with Gasteiger partial charge in [0.2, 0.25) is 0 Å². The fourth-order valence-electron chi connectivity index (χ4n) is 2.54. The van der Waals surface area contributed by atoms with E-state index in [2.05, 4.69) is 13.8 Å². The quantitative estimate of drug-likeness (QED) is 0.830. The van der Waals surface area contributed by atoms with Gasteiger partial charge in [0.05, 0.1) is 6.61 Å². The Morgan fingerprint density at radius 3 is 2.17 bits per heavy atom. The van der Waals surface area contributed by atoms with Gasteiger partial charge in [0.15, 0.2) is 6.61 Å². The van der Waals surface area contributed by atoms with Crippen LogP contribution in [0.25, 0.3) is 0 Å². The molecule has 1 heterocycles. The zero-order valence-corrected chi connectivity index (χ0v) is 14.7. The summed E-state index contributed by atoms with van der Waals surface area (Å²) in [5, 5.41) is 0. The van der Waals surface area contributed by atoms with E-state index in [0.29, 0.717) is 44.5 Å². The third-order valence-electron chi connectivity index (χ3n) is 4.07. The molecule has 0 bridgehead atoms. The number of hydrogen-bond donors (Lipinski definition) is 0. The Balaban J connectivity index is 1.76. The van der Waals surface area contributed by atoms with E-state index in [0.717, 1.165) is 0 Å². The minimum Gasteiger partial charge on any atom is -0.484 e. The Morgan fingerprint density at radius 2 is 1.62 bits per heavy atom. The number of piperazine rings is 1. The zero-order valence-electron chi connectivity index (χ0n) is 14.7. The van der Waals surface area contributed by atoms with Crippen molar-refractivity contribution in [2.45, 2.75) is 26.7 Å². The SMILES string of the molecule is CCOC(=O)N1CCN(C(=O)COc2ccc(C(C)C)cc2)CC1. The molecule has 132 valence electrons. The molecule has 0 spiro atoms. The van der Waals surface area contributed by atoms with E-state index in [4.69, 9.17) is 9.47 Å². The van der Waals surface area contributed by atoms with Gasteiger partial charge in [-0.25, -0.2) is 4.79 Å². The van der Waals surface area contributed by atoms with Gasteiger partial charge < -0.3 is 19.3 Å². The van der Waals surface area contributed by atoms with Gasteiger partial charge in [-0.3, -0.25) is 4.79 Å². The van der Waals surface area contributed by atoms with Crippen LogP contribution in [0, 0.1) is 0 Å². The first-order valence-electron chi connectivity index (χ1n) is 8.43. The van der Waals surface area contributed by atoms with Crippen molar-refractivity contribution in [3.63, 3.8) is 0 Å². The number of hydrogen-bond acceptors (Lipinski definition) is 4. The number of rotatable bonds is 5. The van der Waals surface area contributed by atoms with Gasteiger partial charge in [-0.15, -0.1) is 0 Å². The Morgan fingerprint density at radius 1 is 1.04 bits per heavy atom. The predicted octanol–water partition coefficient (Wildman–Crippen LogP) is 2.49. The largest absolute Gasteiger partial charge is 0.484 e. The summed E-state index contributed by atoms with van der Waals surface area (Å²) >= 11 is 0. The lowest BCUT2D eigenvalue weighted by Crippen LogP contribution is -2.51. The molecule has 1 aromatic rings. The van der Waals surface area contributed by atoms with Crippen LogP contribution in [0.15, 0.2) is 24.3 Å². The molecule has 0 aliphatic carbocycles. The molecule has 6 heteroatoms. The lowest BCUT2D eigenvalue weighted by molar-refractivity contribution is -0.134. The van der Waals surface area contributed by atoms with E-state index < -0.39 is 0 Å². The normalized spacial score (nSPS) is 14.7. The first-order valence-corrected chi connectivity index (χ1v) is 8.43. The van der Waals surface area contributed by atoms with Crippen molar-refractivity contribution in [3.8, 4) is 5.75 Å². The summed E-state index contributed by atoms with van der Waals surface area (Å²) in [5.41, 5.74) is 1.24. The fraction of sp³-hybridized carbons (Fsp3) is 0.556. The van der Waals surface area contributed by atoms with Gasteiger partial charge in [-0.05, 0) is 30.5 Å². The Hall–Kier alpha value is -2.24. The standard InChI is InChI=1S/C18H26N2O4/c1-4-23-18(22)20-11-9-19(10-12-20)17(21)13-24-16-7-5-15(6-8-16)14(2)3/h5-8,14H,4,9-13H2,1-3H3. The van der Waals surface area contributed by atoms with Crippen molar-refractivity contribution < 1.29 is 19.1 Å². The summed E-state index contributed by atoms with van der Waals surface area (Å²) in [5.74, 6) is 1.10. The molecule has 1 aliphatic heterocycles. The van der Waals surface area contributed by atoms with Crippen LogP contribution in [-0.2, 0) is 9.53 Å². The number of nitrogens with zero attached hydrogens (tertiary/aromatic N) is 2. The Labute approximate surface area is 143 Å². The van der Waals surface area contributed by atoms with Crippen LogP contribution in [0.4, 0.5) is 4.79 Å². The molecular formula is C18H26N2O4. The number of ether oxygens (including phenoxy) is 2.